The molecule has 0 spiro atoms. The molecule has 1 aliphatic rings. The fraction of sp³-hybridized carbons (Fsp3) is 0.333. The van der Waals surface area contributed by atoms with Crippen LogP contribution in [0.3, 0.4) is 0 Å². The number of para-hydroxylation sites is 3. The lowest BCUT2D eigenvalue weighted by Gasteiger charge is -2.24. The third-order valence-corrected chi connectivity index (χ3v) is 5.64. The molecule has 1 saturated heterocycles. The molecule has 0 bridgehead atoms. The van der Waals surface area contributed by atoms with Crippen molar-refractivity contribution in [3.8, 4) is 0 Å². The Balaban J connectivity index is 1.38. The van der Waals surface area contributed by atoms with Gasteiger partial charge in [-0.1, -0.05) is 35.9 Å². The molecular formula is C21H22ClN3O3. The monoisotopic (exact) mass is 399 g/mol. The largest absolute Gasteiger partial charge is 0.419 e. The Morgan fingerprint density at radius 1 is 1.14 bits per heavy atom. The summed E-state index contributed by atoms with van der Waals surface area (Å²) < 4.78 is 6.92. The lowest BCUT2D eigenvalue weighted by Crippen LogP contribution is -2.40. The molecule has 1 aromatic heterocycles. The zero-order chi connectivity index (χ0) is 19.7. The molecule has 2 heterocycles. The van der Waals surface area contributed by atoms with Crippen molar-refractivity contribution in [1.82, 2.24) is 9.47 Å². The standard InChI is InChI=1S/C21H22ClN3O3/c1-23(12-6-13-25-17-9-4-5-10-19(17)28-21(25)27)18-11-14-24(20(18)26)16-8-3-2-7-15(16)22/h2-5,7-10,18H,6,11-14H2,1H3. The number of carbonyl (C=O) groups is 1. The van der Waals surface area contributed by atoms with E-state index in [1.807, 2.05) is 43.4 Å². The summed E-state index contributed by atoms with van der Waals surface area (Å²) >= 11 is 6.25. The topological polar surface area (TPSA) is 58.7 Å². The van der Waals surface area contributed by atoms with Crippen LogP contribution in [0.25, 0.3) is 11.1 Å². The summed E-state index contributed by atoms with van der Waals surface area (Å²) in [5.41, 5.74) is 2.17. The minimum absolute atomic E-state index is 0.0709. The number of hydrogen-bond donors (Lipinski definition) is 0. The number of likely N-dealkylation sites (N-methyl/N-ethyl adjacent to an activating group) is 1. The van der Waals surface area contributed by atoms with Gasteiger partial charge in [0.2, 0.25) is 5.91 Å². The first kappa shape index (κ1) is 18.8. The molecule has 1 aliphatic heterocycles. The molecular weight excluding hydrogens is 378 g/mol. The van der Waals surface area contributed by atoms with Gasteiger partial charge in [-0.15, -0.1) is 0 Å². The van der Waals surface area contributed by atoms with Gasteiger partial charge in [-0.25, -0.2) is 4.79 Å². The van der Waals surface area contributed by atoms with Crippen LogP contribution < -0.4 is 10.7 Å². The van der Waals surface area contributed by atoms with Crippen LogP contribution in [-0.4, -0.2) is 41.6 Å². The van der Waals surface area contributed by atoms with Crippen molar-refractivity contribution < 1.29 is 9.21 Å². The number of aryl methyl sites for hydroxylation is 1. The Hall–Kier alpha value is -2.57. The molecule has 0 N–H and O–H groups in total. The third kappa shape index (κ3) is 3.45. The Kier molecular flexibility index (Phi) is 5.24. The molecule has 0 radical (unpaired) electrons. The number of halogens is 1. The molecule has 0 saturated carbocycles. The SMILES string of the molecule is CN(CCCn1c(=O)oc2ccccc21)C1CCN(c2ccccc2Cl)C1=O. The van der Waals surface area contributed by atoms with E-state index >= 15 is 0 Å². The first-order valence-electron chi connectivity index (χ1n) is 9.41. The highest BCUT2D eigenvalue weighted by atomic mass is 35.5. The fourth-order valence-corrected chi connectivity index (χ4v) is 4.08. The number of hydrogen-bond acceptors (Lipinski definition) is 4. The maximum absolute atomic E-state index is 12.9. The van der Waals surface area contributed by atoms with E-state index in [-0.39, 0.29) is 17.7 Å². The molecule has 1 fully saturated rings. The summed E-state index contributed by atoms with van der Waals surface area (Å²) in [5.74, 6) is -0.271. The third-order valence-electron chi connectivity index (χ3n) is 5.32. The van der Waals surface area contributed by atoms with Crippen molar-refractivity contribution in [2.24, 2.45) is 0 Å². The van der Waals surface area contributed by atoms with E-state index in [9.17, 15) is 9.59 Å². The van der Waals surface area contributed by atoms with Gasteiger partial charge < -0.3 is 9.32 Å². The van der Waals surface area contributed by atoms with E-state index in [1.165, 1.54) is 0 Å². The molecule has 1 amide bonds. The van der Waals surface area contributed by atoms with E-state index in [0.717, 1.165) is 24.0 Å². The lowest BCUT2D eigenvalue weighted by molar-refractivity contribution is -0.121. The van der Waals surface area contributed by atoms with Gasteiger partial charge in [-0.3, -0.25) is 14.3 Å². The Labute approximate surface area is 167 Å². The highest BCUT2D eigenvalue weighted by Gasteiger charge is 2.35. The van der Waals surface area contributed by atoms with Gasteiger partial charge in [0, 0.05) is 19.6 Å². The number of amides is 1. The number of oxazole rings is 1. The van der Waals surface area contributed by atoms with Crippen molar-refractivity contribution in [3.63, 3.8) is 0 Å². The van der Waals surface area contributed by atoms with Crippen LogP contribution in [0.4, 0.5) is 5.69 Å². The highest BCUT2D eigenvalue weighted by molar-refractivity contribution is 6.33. The van der Waals surface area contributed by atoms with Crippen LogP contribution in [0.5, 0.6) is 0 Å². The molecule has 1 atom stereocenters. The van der Waals surface area contributed by atoms with Crippen molar-refractivity contribution in [2.45, 2.75) is 25.4 Å². The van der Waals surface area contributed by atoms with Crippen LogP contribution >= 0.6 is 11.6 Å². The Morgan fingerprint density at radius 3 is 2.71 bits per heavy atom. The predicted molar refractivity (Wildman–Crippen MR) is 110 cm³/mol. The Bertz CT molecular complexity index is 1060. The van der Waals surface area contributed by atoms with Gasteiger partial charge in [0.25, 0.3) is 0 Å². The zero-order valence-electron chi connectivity index (χ0n) is 15.7. The van der Waals surface area contributed by atoms with Gasteiger partial charge >= 0.3 is 5.76 Å². The highest BCUT2D eigenvalue weighted by Crippen LogP contribution is 2.30. The maximum atomic E-state index is 12.9. The minimum Gasteiger partial charge on any atom is -0.408 e. The van der Waals surface area contributed by atoms with Crippen LogP contribution in [0, 0.1) is 0 Å². The number of anilines is 1. The van der Waals surface area contributed by atoms with Crippen LogP contribution in [0.2, 0.25) is 5.02 Å². The molecule has 4 rings (SSSR count). The molecule has 0 aliphatic carbocycles. The van der Waals surface area contributed by atoms with Crippen molar-refractivity contribution in [3.05, 3.63) is 64.1 Å². The number of rotatable bonds is 6. The molecule has 1 unspecified atom stereocenters. The lowest BCUT2D eigenvalue weighted by atomic mass is 10.2. The van der Waals surface area contributed by atoms with E-state index in [2.05, 4.69) is 4.90 Å². The maximum Gasteiger partial charge on any atom is 0.419 e. The second kappa shape index (κ2) is 7.81. The van der Waals surface area contributed by atoms with Gasteiger partial charge in [0.05, 0.1) is 22.3 Å². The van der Waals surface area contributed by atoms with E-state index < -0.39 is 0 Å². The van der Waals surface area contributed by atoms with Crippen molar-refractivity contribution >= 4 is 34.3 Å². The van der Waals surface area contributed by atoms with Gasteiger partial charge in [0.15, 0.2) is 5.58 Å². The van der Waals surface area contributed by atoms with Crippen LogP contribution in [0.15, 0.2) is 57.7 Å². The minimum atomic E-state index is -0.342. The molecule has 6 nitrogen and oxygen atoms in total. The molecule has 3 aromatic rings. The fourth-order valence-electron chi connectivity index (χ4n) is 3.84. The number of fused-ring (bicyclic) bond motifs is 1. The number of benzene rings is 2. The average Bonchev–Trinajstić information content (AvgIpc) is 3.22. The first-order chi connectivity index (χ1) is 13.6. The summed E-state index contributed by atoms with van der Waals surface area (Å²) in [4.78, 5) is 28.8. The summed E-state index contributed by atoms with van der Waals surface area (Å²) in [6.07, 6.45) is 1.50. The van der Waals surface area contributed by atoms with Crippen molar-refractivity contribution in [1.29, 1.82) is 0 Å². The van der Waals surface area contributed by atoms with E-state index in [4.69, 9.17) is 16.0 Å². The van der Waals surface area contributed by atoms with E-state index in [1.54, 1.807) is 21.6 Å². The Morgan fingerprint density at radius 2 is 1.89 bits per heavy atom. The number of aromatic nitrogens is 1. The predicted octanol–water partition coefficient (Wildman–Crippen LogP) is 3.38. The summed E-state index contributed by atoms with van der Waals surface area (Å²) in [6.45, 7) is 1.91. The normalized spacial score (nSPS) is 17.2. The van der Waals surface area contributed by atoms with Gasteiger partial charge in [0.1, 0.15) is 0 Å². The molecule has 28 heavy (non-hydrogen) atoms. The van der Waals surface area contributed by atoms with Gasteiger partial charge in [-0.05, 0) is 44.2 Å². The summed E-state index contributed by atoms with van der Waals surface area (Å²) in [5, 5.41) is 0.588. The number of nitrogens with zero attached hydrogens (tertiary/aromatic N) is 3. The summed E-state index contributed by atoms with van der Waals surface area (Å²) in [6, 6.07) is 14.7. The smallest absolute Gasteiger partial charge is 0.408 e. The molecule has 7 heteroatoms. The molecule has 146 valence electrons. The first-order valence-corrected chi connectivity index (χ1v) is 9.78. The number of carbonyl (C=O) groups excluding carboxylic acids is 1. The quantitative estimate of drug-likeness (QED) is 0.637. The second-order valence-corrected chi connectivity index (χ2v) is 7.47. The summed E-state index contributed by atoms with van der Waals surface area (Å²) in [7, 11) is 1.95. The van der Waals surface area contributed by atoms with Crippen LogP contribution in [-0.2, 0) is 11.3 Å². The van der Waals surface area contributed by atoms with Crippen molar-refractivity contribution in [2.75, 3.05) is 25.0 Å². The zero-order valence-corrected chi connectivity index (χ0v) is 16.4. The van der Waals surface area contributed by atoms with Crippen LogP contribution in [0.1, 0.15) is 12.8 Å². The van der Waals surface area contributed by atoms with E-state index in [0.29, 0.717) is 30.2 Å². The molecule has 2 aromatic carbocycles. The second-order valence-electron chi connectivity index (χ2n) is 7.07. The average molecular weight is 400 g/mol. The van der Waals surface area contributed by atoms with Gasteiger partial charge in [-0.2, -0.15) is 0 Å².